The fourth-order valence-corrected chi connectivity index (χ4v) is 3.16. The molecule has 0 saturated carbocycles. The Hall–Kier alpha value is -3.15. The molecule has 0 atom stereocenters. The molecule has 1 aromatic heterocycles. The molecule has 0 spiro atoms. The highest BCUT2D eigenvalue weighted by atomic mass is 32.2. The van der Waals surface area contributed by atoms with Gasteiger partial charge >= 0.3 is 27.6 Å². The normalized spacial score (nSPS) is 11.8. The number of esters is 2. The SMILES string of the molecule is CCOC(=O)C(Cc1cc(-c2cccnc2)ccc1OS(=O)(=O)C(F)(F)F)C(=O)OCC. The monoisotopic (exact) mass is 475 g/mol. The summed E-state index contributed by atoms with van der Waals surface area (Å²) >= 11 is 0. The smallest absolute Gasteiger partial charge is 0.465 e. The van der Waals surface area contributed by atoms with Gasteiger partial charge in [-0.1, -0.05) is 12.1 Å². The van der Waals surface area contributed by atoms with Crippen molar-refractivity contribution in [1.82, 2.24) is 4.98 Å². The molecule has 2 rings (SSSR count). The van der Waals surface area contributed by atoms with E-state index < -0.39 is 45.7 Å². The Morgan fingerprint density at radius 1 is 1.03 bits per heavy atom. The van der Waals surface area contributed by atoms with Crippen LogP contribution in [0, 0.1) is 5.92 Å². The van der Waals surface area contributed by atoms with Crippen LogP contribution >= 0.6 is 0 Å². The molecule has 0 unspecified atom stereocenters. The lowest BCUT2D eigenvalue weighted by Crippen LogP contribution is -2.31. The van der Waals surface area contributed by atoms with Crippen molar-refractivity contribution in [3.05, 3.63) is 48.3 Å². The van der Waals surface area contributed by atoms with E-state index in [1.165, 1.54) is 38.4 Å². The number of ether oxygens (including phenoxy) is 2. The van der Waals surface area contributed by atoms with Gasteiger partial charge in [0.2, 0.25) is 0 Å². The van der Waals surface area contributed by atoms with Crippen molar-refractivity contribution >= 4 is 22.1 Å². The summed E-state index contributed by atoms with van der Waals surface area (Å²) in [5.74, 6) is -4.17. The Morgan fingerprint density at radius 2 is 1.66 bits per heavy atom. The van der Waals surface area contributed by atoms with E-state index >= 15 is 0 Å². The predicted octanol–water partition coefficient (Wildman–Crippen LogP) is 3.26. The van der Waals surface area contributed by atoms with Crippen LogP contribution in [0.5, 0.6) is 5.75 Å². The Bertz CT molecular complexity index is 1040. The summed E-state index contributed by atoms with van der Waals surface area (Å²) in [6.07, 6.45) is 2.46. The molecular formula is C20H20F3NO7S. The Morgan fingerprint density at radius 3 is 2.16 bits per heavy atom. The lowest BCUT2D eigenvalue weighted by molar-refractivity contribution is -0.161. The van der Waals surface area contributed by atoms with Gasteiger partial charge in [-0.3, -0.25) is 14.6 Å². The molecule has 0 radical (unpaired) electrons. The summed E-state index contributed by atoms with van der Waals surface area (Å²) in [5, 5.41) is 0. The van der Waals surface area contributed by atoms with Gasteiger partial charge in [0.25, 0.3) is 0 Å². The zero-order chi connectivity index (χ0) is 23.9. The van der Waals surface area contributed by atoms with E-state index in [4.69, 9.17) is 9.47 Å². The summed E-state index contributed by atoms with van der Waals surface area (Å²) < 4.78 is 75.7. The van der Waals surface area contributed by atoms with Crippen LogP contribution in [-0.4, -0.2) is 44.1 Å². The lowest BCUT2D eigenvalue weighted by Gasteiger charge is -2.18. The van der Waals surface area contributed by atoms with E-state index in [9.17, 15) is 31.2 Å². The summed E-state index contributed by atoms with van der Waals surface area (Å²) in [4.78, 5) is 28.6. The maximum absolute atomic E-state index is 12.8. The fourth-order valence-electron chi connectivity index (χ4n) is 2.67. The number of carbonyl (C=O) groups is 2. The Balaban J connectivity index is 2.55. The van der Waals surface area contributed by atoms with Crippen molar-refractivity contribution in [2.45, 2.75) is 25.8 Å². The number of pyridine rings is 1. The lowest BCUT2D eigenvalue weighted by atomic mass is 9.95. The maximum atomic E-state index is 12.8. The first kappa shape index (κ1) is 25.1. The van der Waals surface area contributed by atoms with Crippen molar-refractivity contribution in [2.24, 2.45) is 5.92 Å². The van der Waals surface area contributed by atoms with Gasteiger partial charge in [0.15, 0.2) is 5.92 Å². The molecule has 0 saturated heterocycles. The molecule has 1 aromatic carbocycles. The summed E-state index contributed by atoms with van der Waals surface area (Å²) in [6, 6.07) is 6.92. The average Bonchev–Trinajstić information content (AvgIpc) is 2.72. The summed E-state index contributed by atoms with van der Waals surface area (Å²) in [6.45, 7) is 2.90. The molecule has 0 bridgehead atoms. The van der Waals surface area contributed by atoms with E-state index in [0.717, 1.165) is 6.07 Å². The zero-order valence-electron chi connectivity index (χ0n) is 17.1. The molecule has 1 heterocycles. The van der Waals surface area contributed by atoms with Gasteiger partial charge in [0, 0.05) is 24.4 Å². The molecule has 0 aliphatic rings. The minimum Gasteiger partial charge on any atom is -0.465 e. The zero-order valence-corrected chi connectivity index (χ0v) is 17.9. The van der Waals surface area contributed by atoms with E-state index in [2.05, 4.69) is 9.17 Å². The second-order valence-electron chi connectivity index (χ2n) is 6.31. The largest absolute Gasteiger partial charge is 0.534 e. The Labute approximate surface area is 182 Å². The van der Waals surface area contributed by atoms with Crippen LogP contribution in [0.4, 0.5) is 13.2 Å². The standard InChI is InChI=1S/C20H20F3NO7S/c1-3-29-18(25)16(19(26)30-4-2)11-15-10-13(14-6-5-9-24-12-14)7-8-17(15)31-32(27,28)20(21,22)23/h5-10,12,16H,3-4,11H2,1-2H3. The number of nitrogens with zero attached hydrogens (tertiary/aromatic N) is 1. The molecule has 12 heteroatoms. The fraction of sp³-hybridized carbons (Fsp3) is 0.350. The van der Waals surface area contributed by atoms with Gasteiger partial charge in [0.05, 0.1) is 13.2 Å². The van der Waals surface area contributed by atoms with Crippen LogP contribution < -0.4 is 4.18 Å². The van der Waals surface area contributed by atoms with E-state index in [-0.39, 0.29) is 18.8 Å². The molecule has 8 nitrogen and oxygen atoms in total. The highest BCUT2D eigenvalue weighted by Crippen LogP contribution is 2.33. The van der Waals surface area contributed by atoms with Crippen LogP contribution in [0.3, 0.4) is 0 Å². The van der Waals surface area contributed by atoms with Crippen molar-refractivity contribution in [3.8, 4) is 16.9 Å². The molecule has 0 N–H and O–H groups in total. The number of carbonyl (C=O) groups excluding carboxylic acids is 2. The van der Waals surface area contributed by atoms with Crippen molar-refractivity contribution < 1.29 is 44.8 Å². The third-order valence-electron chi connectivity index (χ3n) is 4.10. The minimum atomic E-state index is -5.99. The number of alkyl halides is 3. The second-order valence-corrected chi connectivity index (χ2v) is 7.85. The first-order chi connectivity index (χ1) is 15.0. The molecule has 0 fully saturated rings. The van der Waals surface area contributed by atoms with E-state index in [1.54, 1.807) is 12.1 Å². The highest BCUT2D eigenvalue weighted by molar-refractivity contribution is 7.88. The molecule has 0 amide bonds. The number of rotatable bonds is 9. The third kappa shape index (κ3) is 6.19. The summed E-state index contributed by atoms with van der Waals surface area (Å²) in [7, 11) is -5.99. The van der Waals surface area contributed by atoms with E-state index in [1.807, 2.05) is 0 Å². The van der Waals surface area contributed by atoms with Crippen molar-refractivity contribution in [3.63, 3.8) is 0 Å². The number of benzene rings is 1. The molecule has 0 aliphatic carbocycles. The van der Waals surface area contributed by atoms with Crippen LogP contribution in [0.2, 0.25) is 0 Å². The second kappa shape index (κ2) is 10.4. The average molecular weight is 475 g/mol. The van der Waals surface area contributed by atoms with Crippen LogP contribution in [-0.2, 0) is 35.6 Å². The van der Waals surface area contributed by atoms with Gasteiger partial charge < -0.3 is 13.7 Å². The molecule has 32 heavy (non-hydrogen) atoms. The third-order valence-corrected chi connectivity index (χ3v) is 5.07. The summed E-state index contributed by atoms with van der Waals surface area (Å²) in [5.41, 5.74) is -4.82. The maximum Gasteiger partial charge on any atom is 0.534 e. The minimum absolute atomic E-state index is 0.0593. The van der Waals surface area contributed by atoms with Gasteiger partial charge in [-0.15, -0.1) is 0 Å². The molecule has 174 valence electrons. The number of aromatic nitrogens is 1. The predicted molar refractivity (Wildman–Crippen MR) is 106 cm³/mol. The van der Waals surface area contributed by atoms with Crippen molar-refractivity contribution in [1.29, 1.82) is 0 Å². The van der Waals surface area contributed by atoms with Gasteiger partial charge in [-0.05, 0) is 43.2 Å². The first-order valence-electron chi connectivity index (χ1n) is 9.37. The molecule has 0 aliphatic heterocycles. The number of halogens is 3. The quantitative estimate of drug-likeness (QED) is 0.235. The van der Waals surface area contributed by atoms with Crippen LogP contribution in [0.25, 0.3) is 11.1 Å². The molecular weight excluding hydrogens is 455 g/mol. The number of hydrogen-bond acceptors (Lipinski definition) is 8. The van der Waals surface area contributed by atoms with Gasteiger partial charge in [-0.2, -0.15) is 21.6 Å². The van der Waals surface area contributed by atoms with E-state index in [0.29, 0.717) is 11.1 Å². The van der Waals surface area contributed by atoms with Gasteiger partial charge in [-0.25, -0.2) is 0 Å². The van der Waals surface area contributed by atoms with Crippen molar-refractivity contribution in [2.75, 3.05) is 13.2 Å². The number of hydrogen-bond donors (Lipinski definition) is 0. The van der Waals surface area contributed by atoms with Gasteiger partial charge in [0.1, 0.15) is 5.75 Å². The topological polar surface area (TPSA) is 109 Å². The Kier molecular flexibility index (Phi) is 8.19. The molecule has 2 aromatic rings. The highest BCUT2D eigenvalue weighted by Gasteiger charge is 2.49. The van der Waals surface area contributed by atoms with Crippen LogP contribution in [0.15, 0.2) is 42.7 Å². The van der Waals surface area contributed by atoms with Crippen LogP contribution in [0.1, 0.15) is 19.4 Å². The first-order valence-corrected chi connectivity index (χ1v) is 10.8.